The lowest BCUT2D eigenvalue weighted by molar-refractivity contribution is -0.147. The van der Waals surface area contributed by atoms with Gasteiger partial charge in [-0.15, -0.1) is 0 Å². The highest BCUT2D eigenvalue weighted by Crippen LogP contribution is 2.41. The molecule has 0 aliphatic carbocycles. The van der Waals surface area contributed by atoms with Crippen LogP contribution in [0.3, 0.4) is 0 Å². The van der Waals surface area contributed by atoms with Gasteiger partial charge in [0, 0.05) is 12.2 Å². The van der Waals surface area contributed by atoms with Gasteiger partial charge in [-0.1, -0.05) is 0 Å². The molecule has 0 bridgehead atoms. The molecule has 0 saturated carbocycles. The molecule has 0 aliphatic rings. The van der Waals surface area contributed by atoms with Gasteiger partial charge < -0.3 is 4.55 Å². The van der Waals surface area contributed by atoms with Crippen LogP contribution in [0.5, 0.6) is 0 Å². The molecule has 3 nitrogen and oxygen atoms in total. The highest BCUT2D eigenvalue weighted by molar-refractivity contribution is 9.10. The maximum Gasteiger partial charge on any atom is 0.363 e. The topological polar surface area (TPSA) is 57.2 Å². The van der Waals surface area contributed by atoms with Crippen LogP contribution in [-0.2, 0) is 10.1 Å². The standard InChI is InChI=1S/C4H5BrF4O3S/c5-4(8,9)3(6,7)1-2-13(10,11)12/h1-2H2,(H,10,11,12)/p-1. The summed E-state index contributed by atoms with van der Waals surface area (Å²) in [6.07, 6.45) is -1.71. The van der Waals surface area contributed by atoms with Crippen molar-refractivity contribution in [2.24, 2.45) is 0 Å². The third-order valence-electron chi connectivity index (χ3n) is 1.08. The Morgan fingerprint density at radius 2 is 1.62 bits per heavy atom. The third-order valence-corrected chi connectivity index (χ3v) is 2.36. The van der Waals surface area contributed by atoms with Gasteiger partial charge in [-0.3, -0.25) is 0 Å². The Morgan fingerprint density at radius 3 is 1.85 bits per heavy atom. The molecule has 0 aliphatic heterocycles. The zero-order valence-electron chi connectivity index (χ0n) is 5.94. The SMILES string of the molecule is O=S(=O)([O-])CCC(F)(F)C(F)(F)Br. The summed E-state index contributed by atoms with van der Waals surface area (Å²) in [4.78, 5) is -4.51. The van der Waals surface area contributed by atoms with Crippen molar-refractivity contribution in [2.75, 3.05) is 5.75 Å². The highest BCUT2D eigenvalue weighted by atomic mass is 79.9. The van der Waals surface area contributed by atoms with Crippen LogP contribution in [0.1, 0.15) is 6.42 Å². The summed E-state index contributed by atoms with van der Waals surface area (Å²) in [5.41, 5.74) is 0. The van der Waals surface area contributed by atoms with Gasteiger partial charge in [0.2, 0.25) is 0 Å². The van der Waals surface area contributed by atoms with Crippen molar-refractivity contribution in [3.8, 4) is 0 Å². The number of alkyl halides is 5. The molecule has 0 heterocycles. The Hall–Kier alpha value is 0.110. The second kappa shape index (κ2) is 3.70. The van der Waals surface area contributed by atoms with E-state index in [9.17, 15) is 30.5 Å². The van der Waals surface area contributed by atoms with Crippen LogP contribution in [0, 0.1) is 0 Å². The molecule has 0 amide bonds. The van der Waals surface area contributed by atoms with E-state index in [1.807, 2.05) is 0 Å². The molecule has 0 N–H and O–H groups in total. The van der Waals surface area contributed by atoms with Crippen molar-refractivity contribution in [1.82, 2.24) is 0 Å². The van der Waals surface area contributed by atoms with E-state index < -0.39 is 33.0 Å². The van der Waals surface area contributed by atoms with Gasteiger partial charge in [0.25, 0.3) is 0 Å². The van der Waals surface area contributed by atoms with E-state index in [-0.39, 0.29) is 0 Å². The van der Waals surface area contributed by atoms with Gasteiger partial charge >= 0.3 is 10.8 Å². The second-order valence-corrected chi connectivity index (χ2v) is 4.73. The number of halogens is 5. The summed E-state index contributed by atoms with van der Waals surface area (Å²) in [7, 11) is -4.90. The fraction of sp³-hybridized carbons (Fsp3) is 1.00. The molecule has 0 unspecified atom stereocenters. The fourth-order valence-corrected chi connectivity index (χ4v) is 1.10. The maximum absolute atomic E-state index is 12.3. The van der Waals surface area contributed by atoms with Crippen LogP contribution in [-0.4, -0.2) is 29.5 Å². The summed E-state index contributed by atoms with van der Waals surface area (Å²) >= 11 is 1.39. The van der Waals surface area contributed by atoms with E-state index in [4.69, 9.17) is 0 Å². The summed E-state index contributed by atoms with van der Waals surface area (Å²) in [5.74, 6) is -6.08. The van der Waals surface area contributed by atoms with E-state index in [1.54, 1.807) is 0 Å². The quantitative estimate of drug-likeness (QED) is 0.448. The average molecular weight is 288 g/mol. The molecule has 9 heteroatoms. The van der Waals surface area contributed by atoms with Crippen molar-refractivity contribution in [3.63, 3.8) is 0 Å². The first-order valence-corrected chi connectivity index (χ1v) is 5.21. The van der Waals surface area contributed by atoms with Crippen LogP contribution in [0.4, 0.5) is 17.6 Å². The molecule has 0 aromatic heterocycles. The van der Waals surface area contributed by atoms with Crippen LogP contribution >= 0.6 is 15.9 Å². The van der Waals surface area contributed by atoms with Crippen LogP contribution in [0.15, 0.2) is 0 Å². The predicted molar refractivity (Wildman–Crippen MR) is 38.0 cm³/mol. The largest absolute Gasteiger partial charge is 0.748 e. The monoisotopic (exact) mass is 287 g/mol. The second-order valence-electron chi connectivity index (χ2n) is 2.21. The van der Waals surface area contributed by atoms with Gasteiger partial charge in [-0.25, -0.2) is 8.42 Å². The van der Waals surface area contributed by atoms with E-state index in [2.05, 4.69) is 0 Å². The van der Waals surface area contributed by atoms with E-state index in [0.29, 0.717) is 0 Å². The summed E-state index contributed by atoms with van der Waals surface area (Å²) in [5, 5.41) is 0. The number of hydrogen-bond donors (Lipinski definition) is 0. The Labute approximate surface area is 80.0 Å². The first-order valence-electron chi connectivity index (χ1n) is 2.84. The Morgan fingerprint density at radius 1 is 1.23 bits per heavy atom. The number of hydrogen-bond acceptors (Lipinski definition) is 3. The average Bonchev–Trinajstić information content (AvgIpc) is 1.79. The summed E-state index contributed by atoms with van der Waals surface area (Å²) < 4.78 is 78.0. The molecule has 0 aromatic rings. The first-order chi connectivity index (χ1) is 5.46. The normalized spacial score (nSPS) is 14.6. The van der Waals surface area contributed by atoms with Crippen molar-refractivity contribution in [1.29, 1.82) is 0 Å². The van der Waals surface area contributed by atoms with Gasteiger partial charge in [-0.05, 0) is 15.9 Å². The Bertz CT molecular complexity index is 270. The molecule has 80 valence electrons. The molecule has 0 atom stereocenters. The Balaban J connectivity index is 4.38. The maximum atomic E-state index is 12.3. The molecular weight excluding hydrogens is 284 g/mol. The molecule has 0 fully saturated rings. The first kappa shape index (κ1) is 13.1. The van der Waals surface area contributed by atoms with Crippen LogP contribution < -0.4 is 0 Å². The van der Waals surface area contributed by atoms with Crippen molar-refractivity contribution in [2.45, 2.75) is 17.2 Å². The molecule has 0 spiro atoms. The molecule has 0 radical (unpaired) electrons. The van der Waals surface area contributed by atoms with Gasteiger partial charge in [0.1, 0.15) is 0 Å². The minimum atomic E-state index is -4.90. The van der Waals surface area contributed by atoms with Crippen molar-refractivity contribution in [3.05, 3.63) is 0 Å². The molecule has 0 aromatic carbocycles. The molecular formula is C4H4BrF4O3S-. The van der Waals surface area contributed by atoms with Gasteiger partial charge in [0.05, 0.1) is 10.1 Å². The minimum Gasteiger partial charge on any atom is -0.748 e. The Kier molecular flexibility index (Phi) is 3.73. The predicted octanol–water partition coefficient (Wildman–Crippen LogP) is 1.54. The summed E-state index contributed by atoms with van der Waals surface area (Å²) in [6.45, 7) is 0. The van der Waals surface area contributed by atoms with E-state index in [0.717, 1.165) is 0 Å². The third kappa shape index (κ3) is 4.77. The minimum absolute atomic E-state index is 1.39. The zero-order valence-corrected chi connectivity index (χ0v) is 8.34. The lowest BCUT2D eigenvalue weighted by Crippen LogP contribution is -2.36. The molecule has 0 saturated heterocycles. The van der Waals surface area contributed by atoms with Gasteiger partial charge in [0.15, 0.2) is 0 Å². The lowest BCUT2D eigenvalue weighted by atomic mass is 10.3. The lowest BCUT2D eigenvalue weighted by Gasteiger charge is -2.21. The van der Waals surface area contributed by atoms with E-state index >= 15 is 0 Å². The number of rotatable bonds is 4. The molecule has 13 heavy (non-hydrogen) atoms. The van der Waals surface area contributed by atoms with Crippen LogP contribution in [0.25, 0.3) is 0 Å². The summed E-state index contributed by atoms with van der Waals surface area (Å²) in [6, 6.07) is 0. The fourth-order valence-electron chi connectivity index (χ4n) is 0.395. The smallest absolute Gasteiger partial charge is 0.363 e. The van der Waals surface area contributed by atoms with Gasteiger partial charge in [-0.2, -0.15) is 17.6 Å². The van der Waals surface area contributed by atoms with Crippen molar-refractivity contribution < 1.29 is 30.5 Å². The van der Waals surface area contributed by atoms with Crippen LogP contribution in [0.2, 0.25) is 0 Å². The van der Waals surface area contributed by atoms with Crippen molar-refractivity contribution >= 4 is 26.0 Å². The van der Waals surface area contributed by atoms with E-state index in [1.165, 1.54) is 15.9 Å². The zero-order chi connectivity index (χ0) is 10.9. The highest BCUT2D eigenvalue weighted by Gasteiger charge is 2.53. The molecule has 0 rings (SSSR count).